The van der Waals surface area contributed by atoms with Gasteiger partial charge in [-0.3, -0.25) is 0 Å². The van der Waals surface area contributed by atoms with Gasteiger partial charge in [0.15, 0.2) is 0 Å². The van der Waals surface area contributed by atoms with Crippen molar-refractivity contribution in [3.63, 3.8) is 0 Å². The van der Waals surface area contributed by atoms with Gasteiger partial charge in [-0.2, -0.15) is 0 Å². The van der Waals surface area contributed by atoms with Crippen LogP contribution in [0.1, 0.15) is 46.3 Å². The zero-order chi connectivity index (χ0) is 22.0. The molecular weight excluding hydrogens is 422 g/mol. The first kappa shape index (κ1) is 21.1. The number of aromatic carboxylic acids is 1. The molecule has 0 unspecified atom stereocenters. The average molecular weight is 441 g/mol. The van der Waals surface area contributed by atoms with Gasteiger partial charge >= 0.3 is 5.97 Å². The molecule has 0 saturated carbocycles. The summed E-state index contributed by atoms with van der Waals surface area (Å²) in [5.41, 5.74) is 3.93. The molecule has 3 aromatic rings. The largest absolute Gasteiger partial charge is 0.488 e. The number of hydrogen-bond acceptors (Lipinski definition) is 2. The summed E-state index contributed by atoms with van der Waals surface area (Å²) in [6.45, 7) is 0.261. The first-order valence-electron chi connectivity index (χ1n) is 9.85. The molecule has 31 heavy (non-hydrogen) atoms. The number of rotatable bonds is 6. The molecule has 0 aliphatic heterocycles. The Morgan fingerprint density at radius 1 is 0.968 bits per heavy atom. The van der Waals surface area contributed by atoms with Crippen LogP contribution >= 0.6 is 11.6 Å². The number of halogens is 3. The summed E-state index contributed by atoms with van der Waals surface area (Å²) in [5.74, 6) is -1.74. The van der Waals surface area contributed by atoms with Crippen LogP contribution in [0.3, 0.4) is 0 Å². The van der Waals surface area contributed by atoms with Crippen LogP contribution in [0.5, 0.6) is 5.75 Å². The molecule has 158 valence electrons. The number of carbonyl (C=O) groups is 1. The Labute approximate surface area is 183 Å². The summed E-state index contributed by atoms with van der Waals surface area (Å²) in [7, 11) is 0. The van der Waals surface area contributed by atoms with E-state index < -0.39 is 11.8 Å². The summed E-state index contributed by atoms with van der Waals surface area (Å²) in [6.07, 6.45) is 2.39. The second kappa shape index (κ2) is 8.90. The summed E-state index contributed by atoms with van der Waals surface area (Å²) < 4.78 is 33.0. The third kappa shape index (κ3) is 4.62. The molecule has 3 nitrogen and oxygen atoms in total. The standard InChI is InChI=1S/C25H19ClF2O3/c26-17-7-11-24(31-14-15-4-8-18(27)9-5-15)21(13-17)20-3-1-2-19(20)16-6-10-23(28)22(12-16)25(29)30/h4-13H,1-3,14H2,(H,29,30). The Bertz CT molecular complexity index is 1170. The Morgan fingerprint density at radius 3 is 2.45 bits per heavy atom. The predicted molar refractivity (Wildman–Crippen MR) is 116 cm³/mol. The normalized spacial score (nSPS) is 13.5. The van der Waals surface area contributed by atoms with E-state index in [9.17, 15) is 18.7 Å². The van der Waals surface area contributed by atoms with Crippen LogP contribution < -0.4 is 4.74 Å². The molecular formula is C25H19ClF2O3. The highest BCUT2D eigenvalue weighted by molar-refractivity contribution is 6.30. The van der Waals surface area contributed by atoms with Crippen LogP contribution in [-0.2, 0) is 6.61 Å². The van der Waals surface area contributed by atoms with Crippen molar-refractivity contribution < 1.29 is 23.4 Å². The van der Waals surface area contributed by atoms with Crippen LogP contribution in [0.4, 0.5) is 8.78 Å². The zero-order valence-electron chi connectivity index (χ0n) is 16.5. The molecule has 0 fully saturated rings. The molecule has 1 aliphatic carbocycles. The Kier molecular flexibility index (Phi) is 6.05. The third-order valence-corrected chi connectivity index (χ3v) is 5.57. The fourth-order valence-electron chi connectivity index (χ4n) is 3.84. The molecule has 6 heteroatoms. The minimum absolute atomic E-state index is 0.261. The number of allylic oxidation sites excluding steroid dienone is 2. The minimum Gasteiger partial charge on any atom is -0.488 e. The van der Waals surface area contributed by atoms with Crippen molar-refractivity contribution in [3.05, 3.63) is 99.6 Å². The van der Waals surface area contributed by atoms with Crippen LogP contribution in [0, 0.1) is 11.6 Å². The highest BCUT2D eigenvalue weighted by Crippen LogP contribution is 2.44. The van der Waals surface area contributed by atoms with Crippen LogP contribution in [0.2, 0.25) is 5.02 Å². The molecule has 0 aromatic heterocycles. The van der Waals surface area contributed by atoms with Gasteiger partial charge in [0.05, 0.1) is 5.56 Å². The Morgan fingerprint density at radius 2 is 1.71 bits per heavy atom. The second-order valence-corrected chi connectivity index (χ2v) is 7.80. The molecule has 4 rings (SSSR count). The second-order valence-electron chi connectivity index (χ2n) is 7.37. The van der Waals surface area contributed by atoms with E-state index in [-0.39, 0.29) is 18.0 Å². The van der Waals surface area contributed by atoms with Gasteiger partial charge in [-0.15, -0.1) is 0 Å². The molecule has 3 aromatic carbocycles. The summed E-state index contributed by atoms with van der Waals surface area (Å²) in [6, 6.07) is 15.6. The Balaban J connectivity index is 1.72. The third-order valence-electron chi connectivity index (χ3n) is 5.34. The molecule has 1 aliphatic rings. The van der Waals surface area contributed by atoms with E-state index in [1.165, 1.54) is 24.3 Å². The van der Waals surface area contributed by atoms with E-state index in [2.05, 4.69) is 0 Å². The summed E-state index contributed by atoms with van der Waals surface area (Å²) in [5, 5.41) is 9.82. The maximum atomic E-state index is 13.9. The maximum Gasteiger partial charge on any atom is 0.338 e. The number of carboxylic acids is 1. The highest BCUT2D eigenvalue weighted by Gasteiger charge is 2.22. The first-order valence-corrected chi connectivity index (χ1v) is 10.2. The minimum atomic E-state index is -1.30. The van der Waals surface area contributed by atoms with E-state index >= 15 is 0 Å². The molecule has 0 bridgehead atoms. The SMILES string of the molecule is O=C(O)c1cc(C2=C(c3cc(Cl)ccc3OCc3ccc(F)cc3)CCC2)ccc1F. The lowest BCUT2D eigenvalue weighted by molar-refractivity contribution is 0.0692. The molecule has 0 saturated heterocycles. The van der Waals surface area contributed by atoms with E-state index in [1.54, 1.807) is 30.3 Å². The van der Waals surface area contributed by atoms with Crippen molar-refractivity contribution in [3.8, 4) is 5.75 Å². The Hall–Kier alpha value is -3.18. The van der Waals surface area contributed by atoms with Gasteiger partial charge in [0, 0.05) is 10.6 Å². The van der Waals surface area contributed by atoms with Gasteiger partial charge in [0.25, 0.3) is 0 Å². The first-order chi connectivity index (χ1) is 14.9. The lowest BCUT2D eigenvalue weighted by Gasteiger charge is -2.15. The van der Waals surface area contributed by atoms with E-state index in [1.807, 2.05) is 6.07 Å². The van der Waals surface area contributed by atoms with Gasteiger partial charge < -0.3 is 9.84 Å². The van der Waals surface area contributed by atoms with Crippen molar-refractivity contribution in [1.29, 1.82) is 0 Å². The van der Waals surface area contributed by atoms with Gasteiger partial charge in [0.1, 0.15) is 24.0 Å². The van der Waals surface area contributed by atoms with Gasteiger partial charge in [-0.05, 0) is 84.0 Å². The number of hydrogen-bond donors (Lipinski definition) is 1. The quantitative estimate of drug-likeness (QED) is 0.449. The molecule has 0 radical (unpaired) electrons. The fourth-order valence-corrected chi connectivity index (χ4v) is 4.01. The molecule has 1 N–H and O–H groups in total. The highest BCUT2D eigenvalue weighted by atomic mass is 35.5. The van der Waals surface area contributed by atoms with Crippen molar-refractivity contribution in [1.82, 2.24) is 0 Å². The molecule has 0 heterocycles. The average Bonchev–Trinajstić information content (AvgIpc) is 3.24. The van der Waals surface area contributed by atoms with Crippen LogP contribution in [0.15, 0.2) is 60.7 Å². The smallest absolute Gasteiger partial charge is 0.338 e. The van der Waals surface area contributed by atoms with Crippen molar-refractivity contribution in [2.45, 2.75) is 25.9 Å². The fraction of sp³-hybridized carbons (Fsp3) is 0.160. The van der Waals surface area contributed by atoms with E-state index in [0.29, 0.717) is 16.3 Å². The van der Waals surface area contributed by atoms with Crippen LogP contribution in [-0.4, -0.2) is 11.1 Å². The summed E-state index contributed by atoms with van der Waals surface area (Å²) in [4.78, 5) is 11.4. The number of ether oxygens (including phenoxy) is 1. The lowest BCUT2D eigenvalue weighted by Crippen LogP contribution is -2.02. The summed E-state index contributed by atoms with van der Waals surface area (Å²) >= 11 is 6.26. The van der Waals surface area contributed by atoms with Gasteiger partial charge in [-0.25, -0.2) is 13.6 Å². The van der Waals surface area contributed by atoms with Crippen LogP contribution in [0.25, 0.3) is 11.1 Å². The van der Waals surface area contributed by atoms with Crippen molar-refractivity contribution >= 4 is 28.7 Å². The van der Waals surface area contributed by atoms with Gasteiger partial charge in [-0.1, -0.05) is 29.8 Å². The van der Waals surface area contributed by atoms with Crippen molar-refractivity contribution in [2.24, 2.45) is 0 Å². The molecule has 0 spiro atoms. The molecule has 0 amide bonds. The lowest BCUT2D eigenvalue weighted by atomic mass is 9.95. The van der Waals surface area contributed by atoms with E-state index in [0.717, 1.165) is 41.5 Å². The topological polar surface area (TPSA) is 46.5 Å². The monoisotopic (exact) mass is 440 g/mol. The van der Waals surface area contributed by atoms with Crippen molar-refractivity contribution in [2.75, 3.05) is 0 Å². The maximum absolute atomic E-state index is 13.9. The number of benzene rings is 3. The van der Waals surface area contributed by atoms with E-state index in [4.69, 9.17) is 16.3 Å². The number of carboxylic acid groups (broad SMARTS) is 1. The zero-order valence-corrected chi connectivity index (χ0v) is 17.3. The predicted octanol–water partition coefficient (Wildman–Crippen LogP) is 6.99. The van der Waals surface area contributed by atoms with Gasteiger partial charge in [0.2, 0.25) is 0 Å². The molecule has 0 atom stereocenters.